The van der Waals surface area contributed by atoms with Gasteiger partial charge in [0.2, 0.25) is 0 Å². The molecular weight excluding hydrogens is 506 g/mol. The van der Waals surface area contributed by atoms with Gasteiger partial charge in [-0.25, -0.2) is 0 Å². The van der Waals surface area contributed by atoms with Crippen molar-refractivity contribution in [2.45, 2.75) is 13.8 Å². The highest BCUT2D eigenvalue weighted by molar-refractivity contribution is 9.11. The number of halogens is 2. The largest absolute Gasteiger partial charge is 0.733 e. The monoisotopic (exact) mass is 520 g/mol. The van der Waals surface area contributed by atoms with Crippen LogP contribution in [0.3, 0.4) is 0 Å². The summed E-state index contributed by atoms with van der Waals surface area (Å²) in [7, 11) is 0. The molecule has 0 atom stereocenters. The van der Waals surface area contributed by atoms with Crippen LogP contribution in [0.25, 0.3) is 32.0 Å². The summed E-state index contributed by atoms with van der Waals surface area (Å²) in [5, 5.41) is 24.3. The highest BCUT2D eigenvalue weighted by atomic mass is 79.9. The summed E-state index contributed by atoms with van der Waals surface area (Å²) in [6.45, 7) is 4.23. The lowest BCUT2D eigenvalue weighted by Gasteiger charge is -2.23. The molecule has 4 nitrogen and oxygen atoms in total. The topological polar surface area (TPSA) is 55.8 Å². The van der Waals surface area contributed by atoms with Crippen molar-refractivity contribution in [2.24, 2.45) is 0 Å². The van der Waals surface area contributed by atoms with E-state index >= 15 is 0 Å². The lowest BCUT2D eigenvalue weighted by Crippen LogP contribution is -2.07. The Kier molecular flexibility index (Phi) is 5.37. The minimum absolute atomic E-state index is 0.123. The van der Waals surface area contributed by atoms with E-state index in [1.807, 2.05) is 18.2 Å². The third kappa shape index (κ3) is 3.21. The van der Waals surface area contributed by atoms with Crippen LogP contribution in [0, 0.1) is 19.1 Å². The first-order valence-corrected chi connectivity index (χ1v) is 11.3. The summed E-state index contributed by atoms with van der Waals surface area (Å²) < 4.78 is 7.82. The zero-order valence-electron chi connectivity index (χ0n) is 15.1. The van der Waals surface area contributed by atoms with E-state index in [1.54, 1.807) is 17.4 Å². The maximum Gasteiger partial charge on any atom is 0.143 e. The second kappa shape index (κ2) is 7.65. The van der Waals surface area contributed by atoms with Crippen molar-refractivity contribution in [1.29, 1.82) is 0 Å². The Hall–Kier alpha value is -1.64. The fourth-order valence-corrected chi connectivity index (χ4v) is 5.69. The standard InChI is InChI=1S/C21H16Br2NO3S/c1-11-12(2)28-21-18(11)19(16-5-3-4-6-17(16)20(21)23)13-7-14(24(25)26)9-15(8-13)27-10-22/h3-9,25H,10H2,1-2H3/q-1. The van der Waals surface area contributed by atoms with Crippen molar-refractivity contribution in [1.82, 2.24) is 0 Å². The lowest BCUT2D eigenvalue weighted by atomic mass is 9.92. The van der Waals surface area contributed by atoms with Crippen molar-refractivity contribution in [3.63, 3.8) is 0 Å². The van der Waals surface area contributed by atoms with Gasteiger partial charge in [-0.1, -0.05) is 24.3 Å². The molecule has 0 saturated carbocycles. The molecule has 4 aromatic rings. The minimum atomic E-state index is -0.130. The highest BCUT2D eigenvalue weighted by Gasteiger charge is 2.19. The Bertz CT molecular complexity index is 1200. The summed E-state index contributed by atoms with van der Waals surface area (Å²) in [6.07, 6.45) is 0. The molecule has 0 spiro atoms. The summed E-state index contributed by atoms with van der Waals surface area (Å²) >= 11 is 8.79. The van der Waals surface area contributed by atoms with Gasteiger partial charge < -0.3 is 15.2 Å². The van der Waals surface area contributed by atoms with Crippen LogP contribution >= 0.6 is 43.2 Å². The third-order valence-corrected chi connectivity index (χ3v) is 7.43. The quantitative estimate of drug-likeness (QED) is 0.223. The first kappa shape index (κ1) is 19.7. The number of ether oxygens (including phenoxy) is 1. The van der Waals surface area contributed by atoms with Gasteiger partial charge in [-0.3, -0.25) is 5.21 Å². The zero-order chi connectivity index (χ0) is 20.0. The van der Waals surface area contributed by atoms with Gasteiger partial charge in [-0.05, 0) is 85.3 Å². The van der Waals surface area contributed by atoms with Gasteiger partial charge in [0.05, 0.1) is 10.4 Å². The van der Waals surface area contributed by atoms with Crippen LogP contribution in [0.4, 0.5) is 5.69 Å². The Morgan fingerprint density at radius 1 is 1.14 bits per heavy atom. The fraction of sp³-hybridized carbons (Fsp3) is 0.143. The summed E-state index contributed by atoms with van der Waals surface area (Å²) in [4.78, 5) is 1.24. The van der Waals surface area contributed by atoms with Gasteiger partial charge in [0.25, 0.3) is 0 Å². The highest BCUT2D eigenvalue weighted by Crippen LogP contribution is 2.47. The molecular formula is C21H16Br2NO3S-. The minimum Gasteiger partial charge on any atom is -0.733 e. The molecule has 0 saturated heterocycles. The molecule has 7 heteroatoms. The predicted molar refractivity (Wildman–Crippen MR) is 124 cm³/mol. The number of hydrogen-bond acceptors (Lipinski definition) is 5. The van der Waals surface area contributed by atoms with E-state index in [9.17, 15) is 10.4 Å². The number of benzene rings is 3. The van der Waals surface area contributed by atoms with E-state index in [1.165, 1.54) is 21.2 Å². The molecule has 1 heterocycles. The van der Waals surface area contributed by atoms with Gasteiger partial charge in [0.1, 0.15) is 11.3 Å². The van der Waals surface area contributed by atoms with Crippen LogP contribution < -0.4 is 9.96 Å². The van der Waals surface area contributed by atoms with E-state index in [-0.39, 0.29) is 16.4 Å². The van der Waals surface area contributed by atoms with Crippen LogP contribution in [0.15, 0.2) is 46.9 Å². The van der Waals surface area contributed by atoms with Gasteiger partial charge in [-0.2, -0.15) is 0 Å². The van der Waals surface area contributed by atoms with E-state index in [2.05, 4.69) is 57.8 Å². The molecule has 0 aliphatic carbocycles. The average molecular weight is 522 g/mol. The first-order chi connectivity index (χ1) is 13.4. The van der Waals surface area contributed by atoms with Crippen molar-refractivity contribution < 1.29 is 9.94 Å². The molecule has 0 fully saturated rings. The fourth-order valence-electron chi connectivity index (χ4n) is 3.52. The number of alkyl halides is 1. The zero-order valence-corrected chi connectivity index (χ0v) is 19.1. The summed E-state index contributed by atoms with van der Waals surface area (Å²) in [6, 6.07) is 13.3. The molecule has 0 unspecified atom stereocenters. The molecule has 4 rings (SSSR count). The molecule has 0 amide bonds. The molecule has 1 N–H and O–H groups in total. The van der Waals surface area contributed by atoms with Crippen LogP contribution in [-0.4, -0.2) is 10.7 Å². The van der Waals surface area contributed by atoms with Gasteiger partial charge >= 0.3 is 0 Å². The van der Waals surface area contributed by atoms with Crippen LogP contribution in [0.2, 0.25) is 0 Å². The third-order valence-electron chi connectivity index (χ3n) is 4.89. The Morgan fingerprint density at radius 2 is 1.86 bits per heavy atom. The molecule has 3 aromatic carbocycles. The number of fused-ring (bicyclic) bond motifs is 2. The lowest BCUT2D eigenvalue weighted by molar-refractivity contribution is 0.296. The SMILES string of the molecule is Cc1sc2c(Br)c3ccccc3c(-c3cc(OCBr)cc(N([O-])O)c3)c2c1C. The van der Waals surface area contributed by atoms with Gasteiger partial charge in [0, 0.05) is 20.8 Å². The Morgan fingerprint density at radius 3 is 2.54 bits per heavy atom. The number of hydrogen-bond donors (Lipinski definition) is 1. The van der Waals surface area contributed by atoms with E-state index < -0.39 is 0 Å². The van der Waals surface area contributed by atoms with Crippen molar-refractivity contribution in [3.05, 3.63) is 62.6 Å². The van der Waals surface area contributed by atoms with Crippen molar-refractivity contribution >= 4 is 69.7 Å². The second-order valence-electron chi connectivity index (χ2n) is 6.46. The van der Waals surface area contributed by atoms with Crippen LogP contribution in [0.5, 0.6) is 5.75 Å². The number of aryl methyl sites for hydroxylation is 2. The molecule has 28 heavy (non-hydrogen) atoms. The molecule has 1 aromatic heterocycles. The molecule has 0 aliphatic rings. The molecule has 0 bridgehead atoms. The Labute approximate surface area is 183 Å². The van der Waals surface area contributed by atoms with E-state index in [0.717, 1.165) is 31.8 Å². The van der Waals surface area contributed by atoms with E-state index in [0.29, 0.717) is 5.75 Å². The maximum atomic E-state index is 11.6. The molecule has 0 aliphatic heterocycles. The Balaban J connectivity index is 2.17. The second-order valence-corrected chi connectivity index (χ2v) is 8.94. The first-order valence-electron chi connectivity index (χ1n) is 8.52. The average Bonchev–Trinajstić information content (AvgIpc) is 2.97. The number of thiophene rings is 1. The smallest absolute Gasteiger partial charge is 0.143 e. The van der Waals surface area contributed by atoms with E-state index in [4.69, 9.17) is 4.74 Å². The normalized spacial score (nSPS) is 11.4. The molecule has 0 radical (unpaired) electrons. The number of rotatable bonds is 4. The summed E-state index contributed by atoms with van der Waals surface area (Å²) in [5.74, 6) is 0.504. The van der Waals surface area contributed by atoms with Crippen molar-refractivity contribution in [3.8, 4) is 16.9 Å². The van der Waals surface area contributed by atoms with Crippen LogP contribution in [-0.2, 0) is 0 Å². The number of anilines is 1. The van der Waals surface area contributed by atoms with Crippen LogP contribution in [0.1, 0.15) is 10.4 Å². The van der Waals surface area contributed by atoms with Gasteiger partial charge in [0.15, 0.2) is 0 Å². The van der Waals surface area contributed by atoms with Crippen molar-refractivity contribution in [2.75, 3.05) is 10.7 Å². The van der Waals surface area contributed by atoms with Gasteiger partial charge in [-0.15, -0.1) is 11.3 Å². The molecule has 144 valence electrons. The predicted octanol–water partition coefficient (Wildman–Crippen LogP) is 7.53. The number of nitrogens with zero attached hydrogens (tertiary/aromatic N) is 1. The summed E-state index contributed by atoms with van der Waals surface area (Å²) in [5.41, 5.74) is 3.46. The maximum absolute atomic E-state index is 11.6.